The molecule has 2 rings (SSSR count). The molecule has 0 amide bonds. The van der Waals surface area contributed by atoms with Gasteiger partial charge in [-0.25, -0.2) is 8.42 Å². The van der Waals surface area contributed by atoms with E-state index in [1.54, 1.807) is 18.2 Å². The Bertz CT molecular complexity index is 544. The van der Waals surface area contributed by atoms with Crippen molar-refractivity contribution in [3.8, 4) is 6.07 Å². The quantitative estimate of drug-likeness (QED) is 0.652. The third-order valence-corrected chi connectivity index (χ3v) is 4.35. The van der Waals surface area contributed by atoms with Crippen LogP contribution < -0.4 is 0 Å². The van der Waals surface area contributed by atoms with Gasteiger partial charge in [0, 0.05) is 12.0 Å². The molecular weight excluding hydrogens is 214 g/mol. The summed E-state index contributed by atoms with van der Waals surface area (Å²) in [7, 11) is -3.33. The molecule has 0 aliphatic carbocycles. The number of rotatable bonds is 0. The van der Waals surface area contributed by atoms with Crippen molar-refractivity contribution in [2.75, 3.05) is 5.75 Å². The van der Waals surface area contributed by atoms with Gasteiger partial charge in [-0.3, -0.25) is 0 Å². The van der Waals surface area contributed by atoms with Gasteiger partial charge in [0.15, 0.2) is 15.4 Å². The SMILES string of the molecule is N#CC1(O)CCS(=O)(=O)c2ccccc21. The highest BCUT2D eigenvalue weighted by molar-refractivity contribution is 7.91. The van der Waals surface area contributed by atoms with Crippen LogP contribution in [0.15, 0.2) is 29.2 Å². The monoisotopic (exact) mass is 223 g/mol. The highest BCUT2D eigenvalue weighted by atomic mass is 32.2. The van der Waals surface area contributed by atoms with Gasteiger partial charge in [-0.2, -0.15) is 5.26 Å². The molecule has 0 bridgehead atoms. The largest absolute Gasteiger partial charge is 0.371 e. The minimum Gasteiger partial charge on any atom is -0.371 e. The van der Waals surface area contributed by atoms with Crippen molar-refractivity contribution >= 4 is 9.84 Å². The summed E-state index contributed by atoms with van der Waals surface area (Å²) in [6.07, 6.45) is -0.0666. The zero-order valence-electron chi connectivity index (χ0n) is 7.84. The molecule has 0 saturated carbocycles. The number of fused-ring (bicyclic) bond motifs is 1. The van der Waals surface area contributed by atoms with Crippen molar-refractivity contribution in [3.63, 3.8) is 0 Å². The molecule has 78 valence electrons. The van der Waals surface area contributed by atoms with E-state index in [4.69, 9.17) is 5.26 Å². The summed E-state index contributed by atoms with van der Waals surface area (Å²) in [6.45, 7) is 0. The standard InChI is InChI=1S/C10H9NO3S/c11-7-10(12)5-6-15(13,14)9-4-2-1-3-8(9)10/h1-4,12H,5-6H2. The number of sulfone groups is 1. The fourth-order valence-electron chi connectivity index (χ4n) is 1.72. The minimum atomic E-state index is -3.33. The number of benzene rings is 1. The van der Waals surface area contributed by atoms with E-state index in [0.717, 1.165) is 0 Å². The Morgan fingerprint density at radius 2 is 2.07 bits per heavy atom. The first-order chi connectivity index (χ1) is 6.99. The van der Waals surface area contributed by atoms with E-state index >= 15 is 0 Å². The summed E-state index contributed by atoms with van der Waals surface area (Å²) in [6, 6.07) is 7.87. The summed E-state index contributed by atoms with van der Waals surface area (Å²) >= 11 is 0. The van der Waals surface area contributed by atoms with Crippen LogP contribution in [-0.4, -0.2) is 19.3 Å². The molecule has 0 saturated heterocycles. The van der Waals surface area contributed by atoms with Gasteiger partial charge in [0.2, 0.25) is 0 Å². The molecule has 4 nitrogen and oxygen atoms in total. The van der Waals surface area contributed by atoms with E-state index in [9.17, 15) is 13.5 Å². The number of hydrogen-bond donors (Lipinski definition) is 1. The Balaban J connectivity index is 2.76. The van der Waals surface area contributed by atoms with Gasteiger partial charge in [-0.05, 0) is 6.07 Å². The van der Waals surface area contributed by atoms with Gasteiger partial charge in [0.1, 0.15) is 6.07 Å². The van der Waals surface area contributed by atoms with Crippen LogP contribution in [0.4, 0.5) is 0 Å². The van der Waals surface area contributed by atoms with Crippen LogP contribution in [0.5, 0.6) is 0 Å². The molecule has 0 radical (unpaired) electrons. The van der Waals surface area contributed by atoms with E-state index in [2.05, 4.69) is 0 Å². The van der Waals surface area contributed by atoms with Crippen molar-refractivity contribution in [2.45, 2.75) is 16.9 Å². The zero-order chi connectivity index (χ0) is 11.1. The smallest absolute Gasteiger partial charge is 0.178 e. The van der Waals surface area contributed by atoms with Crippen molar-refractivity contribution in [1.82, 2.24) is 0 Å². The van der Waals surface area contributed by atoms with E-state index in [-0.39, 0.29) is 22.6 Å². The van der Waals surface area contributed by atoms with Crippen LogP contribution in [0.25, 0.3) is 0 Å². The molecule has 1 aromatic carbocycles. The summed E-state index contributed by atoms with van der Waals surface area (Å²) in [5.74, 6) is -0.186. The Kier molecular flexibility index (Phi) is 2.07. The summed E-state index contributed by atoms with van der Waals surface area (Å²) in [4.78, 5) is 0.0697. The van der Waals surface area contributed by atoms with Crippen LogP contribution in [0.3, 0.4) is 0 Å². The number of aliphatic hydroxyl groups is 1. The average Bonchev–Trinajstić information content (AvgIpc) is 2.25. The fourth-order valence-corrected chi connectivity index (χ4v) is 3.36. The average molecular weight is 223 g/mol. The maximum absolute atomic E-state index is 11.7. The zero-order valence-corrected chi connectivity index (χ0v) is 8.66. The molecule has 0 spiro atoms. The topological polar surface area (TPSA) is 78.2 Å². The van der Waals surface area contributed by atoms with E-state index < -0.39 is 15.4 Å². The first-order valence-corrected chi connectivity index (χ1v) is 6.11. The Labute approximate surface area is 87.7 Å². The van der Waals surface area contributed by atoms with Crippen LogP contribution in [0.1, 0.15) is 12.0 Å². The second-order valence-corrected chi connectivity index (χ2v) is 5.61. The predicted molar refractivity (Wildman–Crippen MR) is 52.6 cm³/mol. The molecule has 1 aromatic rings. The molecule has 1 aliphatic heterocycles. The lowest BCUT2D eigenvalue weighted by atomic mass is 9.92. The number of hydrogen-bond acceptors (Lipinski definition) is 4. The highest BCUT2D eigenvalue weighted by Gasteiger charge is 2.40. The summed E-state index contributed by atoms with van der Waals surface area (Å²) in [5, 5.41) is 18.8. The molecule has 15 heavy (non-hydrogen) atoms. The lowest BCUT2D eigenvalue weighted by molar-refractivity contribution is 0.0886. The predicted octanol–water partition coefficient (Wildman–Crippen LogP) is 0.575. The Hall–Kier alpha value is -1.38. The Morgan fingerprint density at radius 1 is 1.40 bits per heavy atom. The first kappa shape index (κ1) is 10.1. The maximum Gasteiger partial charge on any atom is 0.178 e. The van der Waals surface area contributed by atoms with E-state index in [1.807, 2.05) is 0 Å². The van der Waals surface area contributed by atoms with Crippen molar-refractivity contribution in [1.29, 1.82) is 5.26 Å². The fraction of sp³-hybridized carbons (Fsp3) is 0.300. The van der Waals surface area contributed by atoms with Gasteiger partial charge >= 0.3 is 0 Å². The normalized spacial score (nSPS) is 27.7. The third kappa shape index (κ3) is 1.42. The van der Waals surface area contributed by atoms with Gasteiger partial charge in [-0.15, -0.1) is 0 Å². The molecule has 5 heteroatoms. The van der Waals surface area contributed by atoms with Gasteiger partial charge in [-0.1, -0.05) is 18.2 Å². The van der Waals surface area contributed by atoms with Crippen molar-refractivity contribution < 1.29 is 13.5 Å². The van der Waals surface area contributed by atoms with Gasteiger partial charge in [0.25, 0.3) is 0 Å². The highest BCUT2D eigenvalue weighted by Crippen LogP contribution is 2.36. The lowest BCUT2D eigenvalue weighted by Crippen LogP contribution is -2.33. The molecule has 1 unspecified atom stereocenters. The minimum absolute atomic E-state index is 0.0666. The second kappa shape index (κ2) is 3.05. The van der Waals surface area contributed by atoms with Crippen LogP contribution in [0.2, 0.25) is 0 Å². The van der Waals surface area contributed by atoms with Gasteiger partial charge in [0.05, 0.1) is 10.6 Å². The molecule has 0 aromatic heterocycles. The van der Waals surface area contributed by atoms with Crippen molar-refractivity contribution in [3.05, 3.63) is 29.8 Å². The molecule has 1 atom stereocenters. The number of nitrogens with zero attached hydrogens (tertiary/aromatic N) is 1. The molecule has 0 fully saturated rings. The Morgan fingerprint density at radius 3 is 2.73 bits per heavy atom. The first-order valence-electron chi connectivity index (χ1n) is 4.45. The number of nitriles is 1. The molecule has 1 N–H and O–H groups in total. The third-order valence-electron chi connectivity index (χ3n) is 2.59. The van der Waals surface area contributed by atoms with E-state index in [0.29, 0.717) is 0 Å². The lowest BCUT2D eigenvalue weighted by Gasteiger charge is -2.27. The van der Waals surface area contributed by atoms with Crippen molar-refractivity contribution in [2.24, 2.45) is 0 Å². The summed E-state index contributed by atoms with van der Waals surface area (Å²) < 4.78 is 23.3. The second-order valence-electron chi connectivity index (χ2n) is 3.54. The van der Waals surface area contributed by atoms with Gasteiger partial charge < -0.3 is 5.11 Å². The van der Waals surface area contributed by atoms with Crippen LogP contribution in [-0.2, 0) is 15.4 Å². The maximum atomic E-state index is 11.7. The van der Waals surface area contributed by atoms with Crippen LogP contribution >= 0.6 is 0 Å². The van der Waals surface area contributed by atoms with Crippen LogP contribution in [0, 0.1) is 11.3 Å². The van der Waals surface area contributed by atoms with E-state index in [1.165, 1.54) is 12.1 Å². The molecular formula is C10H9NO3S. The molecule has 1 aliphatic rings. The molecule has 1 heterocycles. The summed E-state index contributed by atoms with van der Waals surface area (Å²) in [5.41, 5.74) is -1.47.